The fraction of sp³-hybridized carbons (Fsp3) is 0.842. The molecule has 1 aromatic rings. The molecule has 28 heavy (non-hydrogen) atoms. The van der Waals surface area contributed by atoms with Gasteiger partial charge in [0, 0.05) is 12.4 Å². The van der Waals surface area contributed by atoms with Crippen molar-refractivity contribution in [3.05, 3.63) is 18.7 Å². The van der Waals surface area contributed by atoms with E-state index in [1.54, 1.807) is 19.6 Å². The lowest BCUT2D eigenvalue weighted by atomic mass is 9.96. The van der Waals surface area contributed by atoms with Gasteiger partial charge in [0.1, 0.15) is 24.4 Å². The fourth-order valence-electron chi connectivity index (χ4n) is 3.46. The molecule has 0 radical (unpaired) electrons. The SMILES string of the molecule is CON[C@H]1[C@@H]2OC(C)(C)O[C@@H]2[C@@H](CO[Si](C)(C)C(C)(C)C)O[C@H]1n1ccnc1. The molecule has 0 unspecified atom stereocenters. The quantitative estimate of drug-likeness (QED) is 0.568. The van der Waals surface area contributed by atoms with Crippen molar-refractivity contribution in [2.75, 3.05) is 13.7 Å². The molecule has 0 saturated carbocycles. The van der Waals surface area contributed by atoms with Crippen molar-refractivity contribution in [3.8, 4) is 0 Å². The summed E-state index contributed by atoms with van der Waals surface area (Å²) in [5, 5.41) is 0.122. The van der Waals surface area contributed by atoms with Crippen LogP contribution in [0.25, 0.3) is 0 Å². The van der Waals surface area contributed by atoms with E-state index >= 15 is 0 Å². The van der Waals surface area contributed by atoms with Crippen molar-refractivity contribution in [2.45, 2.75) is 89.1 Å². The van der Waals surface area contributed by atoms with Crippen molar-refractivity contribution >= 4 is 8.32 Å². The summed E-state index contributed by atoms with van der Waals surface area (Å²) in [5.74, 6) is -0.703. The van der Waals surface area contributed by atoms with E-state index in [1.165, 1.54) is 0 Å². The molecule has 0 aromatic carbocycles. The maximum Gasteiger partial charge on any atom is 0.192 e. The van der Waals surface area contributed by atoms with E-state index in [-0.39, 0.29) is 35.6 Å². The molecule has 1 N–H and O–H groups in total. The number of hydroxylamine groups is 1. The summed E-state index contributed by atoms with van der Waals surface area (Å²) in [4.78, 5) is 9.42. The van der Waals surface area contributed by atoms with Crippen LogP contribution < -0.4 is 5.48 Å². The molecule has 2 fully saturated rings. The molecule has 2 aliphatic rings. The van der Waals surface area contributed by atoms with Crippen molar-refractivity contribution in [3.63, 3.8) is 0 Å². The topological polar surface area (TPSA) is 76.0 Å². The van der Waals surface area contributed by atoms with E-state index in [2.05, 4.69) is 44.3 Å². The van der Waals surface area contributed by atoms with Crippen LogP contribution in [0.15, 0.2) is 18.7 Å². The second-order valence-corrected chi connectivity index (χ2v) is 14.4. The third-order valence-corrected chi connectivity index (χ3v) is 10.5. The number of hydrogen-bond donors (Lipinski definition) is 1. The van der Waals surface area contributed by atoms with Gasteiger partial charge in [-0.3, -0.25) is 0 Å². The first-order chi connectivity index (χ1) is 13.0. The van der Waals surface area contributed by atoms with Gasteiger partial charge in [0.05, 0.1) is 20.0 Å². The zero-order chi connectivity index (χ0) is 20.7. The number of fused-ring (bicyclic) bond motifs is 1. The van der Waals surface area contributed by atoms with Gasteiger partial charge < -0.3 is 28.0 Å². The maximum atomic E-state index is 6.48. The first-order valence-electron chi connectivity index (χ1n) is 9.86. The zero-order valence-electron chi connectivity index (χ0n) is 18.3. The highest BCUT2D eigenvalue weighted by Gasteiger charge is 2.56. The normalized spacial score (nSPS) is 33.1. The highest BCUT2D eigenvalue weighted by atomic mass is 28.4. The predicted molar refractivity (Wildman–Crippen MR) is 107 cm³/mol. The van der Waals surface area contributed by atoms with Gasteiger partial charge in [-0.15, -0.1) is 0 Å². The Hall–Kier alpha value is -0.813. The summed E-state index contributed by atoms with van der Waals surface area (Å²) >= 11 is 0. The van der Waals surface area contributed by atoms with E-state index in [4.69, 9.17) is 23.5 Å². The third-order valence-electron chi connectivity index (χ3n) is 5.99. The van der Waals surface area contributed by atoms with E-state index in [0.29, 0.717) is 6.61 Å². The molecule has 0 spiro atoms. The monoisotopic (exact) mass is 413 g/mol. The van der Waals surface area contributed by atoms with Crippen LogP contribution in [0.1, 0.15) is 40.8 Å². The summed E-state index contributed by atoms with van der Waals surface area (Å²) in [7, 11) is -0.334. The number of hydrogen-bond acceptors (Lipinski definition) is 7. The number of nitrogens with one attached hydrogen (secondary N) is 1. The Labute approximate surface area is 168 Å². The summed E-state index contributed by atoms with van der Waals surface area (Å²) in [6, 6.07) is -0.255. The number of rotatable bonds is 6. The fourth-order valence-corrected chi connectivity index (χ4v) is 4.48. The smallest absolute Gasteiger partial charge is 0.192 e. The van der Waals surface area contributed by atoms with Crippen LogP contribution >= 0.6 is 0 Å². The maximum absolute atomic E-state index is 6.48. The average molecular weight is 414 g/mol. The van der Waals surface area contributed by atoms with Crippen molar-refractivity contribution in [1.29, 1.82) is 0 Å². The Morgan fingerprint density at radius 1 is 1.21 bits per heavy atom. The van der Waals surface area contributed by atoms with E-state index < -0.39 is 14.1 Å². The van der Waals surface area contributed by atoms with Crippen molar-refractivity contribution in [1.82, 2.24) is 15.0 Å². The summed E-state index contributed by atoms with van der Waals surface area (Å²) < 4.78 is 27.4. The predicted octanol–water partition coefficient (Wildman–Crippen LogP) is 2.84. The molecule has 0 amide bonds. The largest absolute Gasteiger partial charge is 0.414 e. The lowest BCUT2D eigenvalue weighted by Crippen LogP contribution is -2.60. The second kappa shape index (κ2) is 7.79. The molecule has 0 aliphatic carbocycles. The van der Waals surface area contributed by atoms with Crippen LogP contribution in [0.2, 0.25) is 18.1 Å². The van der Waals surface area contributed by atoms with Crippen molar-refractivity contribution in [2.24, 2.45) is 0 Å². The molecule has 0 bridgehead atoms. The Bertz CT molecular complexity index is 646. The lowest BCUT2D eigenvalue weighted by Gasteiger charge is -2.44. The Kier molecular flexibility index (Phi) is 6.09. The van der Waals surface area contributed by atoms with Crippen LogP contribution in [0, 0.1) is 0 Å². The molecule has 8 nitrogen and oxygen atoms in total. The van der Waals surface area contributed by atoms with Gasteiger partial charge in [0.25, 0.3) is 0 Å². The third kappa shape index (κ3) is 4.35. The van der Waals surface area contributed by atoms with E-state index in [0.717, 1.165) is 0 Å². The minimum atomic E-state index is -1.92. The van der Waals surface area contributed by atoms with Gasteiger partial charge in [-0.25, -0.2) is 4.98 Å². The van der Waals surface area contributed by atoms with Crippen LogP contribution in [0.4, 0.5) is 0 Å². The average Bonchev–Trinajstić information content (AvgIpc) is 3.20. The highest BCUT2D eigenvalue weighted by molar-refractivity contribution is 6.74. The zero-order valence-corrected chi connectivity index (χ0v) is 19.3. The molecule has 160 valence electrons. The van der Waals surface area contributed by atoms with Crippen LogP contribution in [-0.4, -0.2) is 61.7 Å². The number of imidazole rings is 1. The van der Waals surface area contributed by atoms with Gasteiger partial charge in [0.2, 0.25) is 0 Å². The minimum Gasteiger partial charge on any atom is -0.414 e. The molecule has 9 heteroatoms. The minimum absolute atomic E-state index is 0.122. The molecular weight excluding hydrogens is 378 g/mol. The van der Waals surface area contributed by atoms with E-state index in [9.17, 15) is 0 Å². The number of nitrogens with zero attached hydrogens (tertiary/aromatic N) is 2. The molecule has 3 heterocycles. The van der Waals surface area contributed by atoms with E-state index in [1.807, 2.05) is 24.6 Å². The van der Waals surface area contributed by atoms with Crippen LogP contribution in [0.5, 0.6) is 0 Å². The summed E-state index contributed by atoms with van der Waals surface area (Å²) in [5.41, 5.74) is 3.04. The Balaban J connectivity index is 1.85. The van der Waals surface area contributed by atoms with Crippen LogP contribution in [0.3, 0.4) is 0 Å². The van der Waals surface area contributed by atoms with Gasteiger partial charge in [-0.1, -0.05) is 20.8 Å². The van der Waals surface area contributed by atoms with Gasteiger partial charge in [-0.05, 0) is 32.0 Å². The molecule has 3 rings (SSSR count). The number of aromatic nitrogens is 2. The van der Waals surface area contributed by atoms with Gasteiger partial charge >= 0.3 is 0 Å². The molecule has 2 aliphatic heterocycles. The van der Waals surface area contributed by atoms with Crippen molar-refractivity contribution < 1.29 is 23.5 Å². The Morgan fingerprint density at radius 2 is 1.89 bits per heavy atom. The molecule has 2 saturated heterocycles. The molecule has 1 aromatic heterocycles. The van der Waals surface area contributed by atoms with Gasteiger partial charge in [-0.2, -0.15) is 5.48 Å². The highest BCUT2D eigenvalue weighted by Crippen LogP contribution is 2.42. The molecule has 5 atom stereocenters. The van der Waals surface area contributed by atoms with Crippen LogP contribution in [-0.2, 0) is 23.5 Å². The molecular formula is C19H35N3O5Si. The first kappa shape index (κ1) is 21.9. The standard InChI is InChI=1S/C19H35N3O5Si/c1-18(2,3)28(7,8)24-11-13-15-16(27-19(4,5)26-15)14(21-23-6)17(25-13)22-10-9-20-12-22/h9-10,12-17,21H,11H2,1-8H3/t13-,14+,15-,16+,17-/m1/s1. The number of ether oxygens (including phenoxy) is 3. The second-order valence-electron chi connectivity index (χ2n) is 9.56. The summed E-state index contributed by atoms with van der Waals surface area (Å²) in [6.45, 7) is 15.5. The summed E-state index contributed by atoms with van der Waals surface area (Å²) in [6.07, 6.45) is 4.23. The Morgan fingerprint density at radius 3 is 2.46 bits per heavy atom. The first-order valence-corrected chi connectivity index (χ1v) is 12.8. The van der Waals surface area contributed by atoms with Gasteiger partial charge in [0.15, 0.2) is 20.3 Å². The lowest BCUT2D eigenvalue weighted by molar-refractivity contribution is -0.202.